The summed E-state index contributed by atoms with van der Waals surface area (Å²) in [5.74, 6) is -0.576. The molecule has 2 rings (SSSR count). The van der Waals surface area contributed by atoms with Crippen molar-refractivity contribution in [2.24, 2.45) is 0 Å². The largest absolute Gasteiger partial charge is 0.478 e. The highest BCUT2D eigenvalue weighted by atomic mass is 16.4. The van der Waals surface area contributed by atoms with Crippen molar-refractivity contribution < 1.29 is 9.90 Å². The highest BCUT2D eigenvalue weighted by Crippen LogP contribution is 2.23. The molecular formula is C16H18N2O2. The summed E-state index contributed by atoms with van der Waals surface area (Å²) in [4.78, 5) is 15.7. The molecule has 2 N–H and O–H groups in total. The van der Waals surface area contributed by atoms with Crippen molar-refractivity contribution in [2.45, 2.75) is 27.2 Å². The molecule has 1 heterocycles. The molecule has 0 aliphatic carbocycles. The van der Waals surface area contributed by atoms with E-state index in [9.17, 15) is 9.90 Å². The van der Waals surface area contributed by atoms with Crippen molar-refractivity contribution in [1.29, 1.82) is 0 Å². The molecule has 2 aromatic rings. The van der Waals surface area contributed by atoms with E-state index in [4.69, 9.17) is 0 Å². The predicted octanol–water partition coefficient (Wildman–Crippen LogP) is 3.70. The van der Waals surface area contributed by atoms with Crippen LogP contribution in [-0.4, -0.2) is 16.1 Å². The van der Waals surface area contributed by atoms with Gasteiger partial charge in [0.15, 0.2) is 0 Å². The summed E-state index contributed by atoms with van der Waals surface area (Å²) in [7, 11) is 0. The lowest BCUT2D eigenvalue weighted by atomic mass is 10.1. The van der Waals surface area contributed by atoms with Gasteiger partial charge in [-0.25, -0.2) is 9.78 Å². The fraction of sp³-hybridized carbons (Fsp3) is 0.250. The van der Waals surface area contributed by atoms with Crippen LogP contribution in [0.2, 0.25) is 0 Å². The second-order valence-electron chi connectivity index (χ2n) is 4.79. The molecule has 4 heteroatoms. The first kappa shape index (κ1) is 14.1. The van der Waals surface area contributed by atoms with Crippen molar-refractivity contribution in [3.8, 4) is 0 Å². The minimum atomic E-state index is -0.968. The van der Waals surface area contributed by atoms with Crippen LogP contribution in [0.5, 0.6) is 0 Å². The Morgan fingerprint density at radius 3 is 2.70 bits per heavy atom. The number of aryl methyl sites for hydroxylation is 3. The fourth-order valence-corrected chi connectivity index (χ4v) is 2.20. The quantitative estimate of drug-likeness (QED) is 0.889. The number of carboxylic acids is 1. The topological polar surface area (TPSA) is 62.2 Å². The van der Waals surface area contributed by atoms with Crippen molar-refractivity contribution >= 4 is 17.5 Å². The standard InChI is InChI=1S/C16H18N2O2/c1-4-12-6-5-7-13(9-12)18-15-14(16(19)20)10(2)8-11(3)17-15/h5-9H,4H2,1-3H3,(H,17,18)(H,19,20). The zero-order chi connectivity index (χ0) is 14.7. The molecule has 0 fully saturated rings. The van der Waals surface area contributed by atoms with Crippen LogP contribution in [0.25, 0.3) is 0 Å². The van der Waals surface area contributed by atoms with Crippen LogP contribution < -0.4 is 5.32 Å². The molecule has 0 aliphatic rings. The lowest BCUT2D eigenvalue weighted by Crippen LogP contribution is -2.08. The van der Waals surface area contributed by atoms with Gasteiger partial charge in [0.05, 0.1) is 0 Å². The Labute approximate surface area is 118 Å². The number of hydrogen-bond donors (Lipinski definition) is 2. The van der Waals surface area contributed by atoms with Gasteiger partial charge in [-0.2, -0.15) is 0 Å². The van der Waals surface area contributed by atoms with E-state index < -0.39 is 5.97 Å². The first-order valence-electron chi connectivity index (χ1n) is 6.58. The maximum atomic E-state index is 11.4. The van der Waals surface area contributed by atoms with Crippen LogP contribution in [0.3, 0.4) is 0 Å². The van der Waals surface area contributed by atoms with Crippen LogP contribution in [0, 0.1) is 13.8 Å². The van der Waals surface area contributed by atoms with Crippen molar-refractivity contribution in [1.82, 2.24) is 4.98 Å². The molecular weight excluding hydrogens is 252 g/mol. The summed E-state index contributed by atoms with van der Waals surface area (Å²) in [6.07, 6.45) is 0.932. The Hall–Kier alpha value is -2.36. The summed E-state index contributed by atoms with van der Waals surface area (Å²) in [5.41, 5.74) is 3.76. The molecule has 0 saturated heterocycles. The monoisotopic (exact) mass is 270 g/mol. The highest BCUT2D eigenvalue weighted by Gasteiger charge is 2.15. The average molecular weight is 270 g/mol. The molecule has 0 aliphatic heterocycles. The SMILES string of the molecule is CCc1cccc(Nc2nc(C)cc(C)c2C(=O)O)c1. The number of aromatic carboxylic acids is 1. The van der Waals surface area contributed by atoms with Crippen molar-refractivity contribution in [3.63, 3.8) is 0 Å². The number of benzene rings is 1. The van der Waals surface area contributed by atoms with Gasteiger partial charge in [0.25, 0.3) is 0 Å². The number of rotatable bonds is 4. The number of carbonyl (C=O) groups is 1. The summed E-state index contributed by atoms with van der Waals surface area (Å²) < 4.78 is 0. The number of anilines is 2. The molecule has 4 nitrogen and oxygen atoms in total. The molecule has 0 unspecified atom stereocenters. The van der Waals surface area contributed by atoms with E-state index in [0.29, 0.717) is 11.4 Å². The van der Waals surface area contributed by atoms with E-state index in [1.165, 1.54) is 5.56 Å². The zero-order valence-electron chi connectivity index (χ0n) is 11.9. The normalized spacial score (nSPS) is 10.3. The van der Waals surface area contributed by atoms with E-state index in [1.807, 2.05) is 31.2 Å². The third kappa shape index (κ3) is 2.96. The van der Waals surface area contributed by atoms with Crippen LogP contribution >= 0.6 is 0 Å². The Kier molecular flexibility index (Phi) is 4.03. The minimum Gasteiger partial charge on any atom is -0.478 e. The Bertz CT molecular complexity index is 651. The summed E-state index contributed by atoms with van der Waals surface area (Å²) in [6, 6.07) is 9.68. The van der Waals surface area contributed by atoms with E-state index in [2.05, 4.69) is 17.2 Å². The number of carboxylic acid groups (broad SMARTS) is 1. The number of aromatic nitrogens is 1. The molecule has 0 saturated carbocycles. The lowest BCUT2D eigenvalue weighted by Gasteiger charge is -2.12. The molecule has 104 valence electrons. The Balaban J connectivity index is 2.44. The maximum Gasteiger partial charge on any atom is 0.339 e. The second kappa shape index (κ2) is 5.74. The van der Waals surface area contributed by atoms with Crippen LogP contribution in [0.4, 0.5) is 11.5 Å². The molecule has 20 heavy (non-hydrogen) atoms. The van der Waals surface area contributed by atoms with Gasteiger partial charge >= 0.3 is 5.97 Å². The highest BCUT2D eigenvalue weighted by molar-refractivity contribution is 5.95. The predicted molar refractivity (Wildman–Crippen MR) is 79.8 cm³/mol. The van der Waals surface area contributed by atoms with E-state index in [0.717, 1.165) is 17.8 Å². The number of pyridine rings is 1. The minimum absolute atomic E-state index is 0.220. The summed E-state index contributed by atoms with van der Waals surface area (Å²) >= 11 is 0. The van der Waals surface area contributed by atoms with Gasteiger partial charge in [-0.15, -0.1) is 0 Å². The van der Waals surface area contributed by atoms with E-state index >= 15 is 0 Å². The maximum absolute atomic E-state index is 11.4. The second-order valence-corrected chi connectivity index (χ2v) is 4.79. The molecule has 1 aromatic heterocycles. The van der Waals surface area contributed by atoms with Gasteiger partial charge in [0.1, 0.15) is 11.4 Å². The van der Waals surface area contributed by atoms with E-state index in [-0.39, 0.29) is 5.56 Å². The van der Waals surface area contributed by atoms with Crippen LogP contribution in [0.1, 0.15) is 34.1 Å². The summed E-state index contributed by atoms with van der Waals surface area (Å²) in [6.45, 7) is 5.72. The Morgan fingerprint density at radius 2 is 2.05 bits per heavy atom. The van der Waals surface area contributed by atoms with Gasteiger partial charge in [-0.3, -0.25) is 0 Å². The van der Waals surface area contributed by atoms with Gasteiger partial charge in [-0.05, 0) is 49.6 Å². The van der Waals surface area contributed by atoms with E-state index in [1.54, 1.807) is 13.0 Å². The van der Waals surface area contributed by atoms with Gasteiger partial charge in [-0.1, -0.05) is 19.1 Å². The van der Waals surface area contributed by atoms with Crippen molar-refractivity contribution in [2.75, 3.05) is 5.32 Å². The Morgan fingerprint density at radius 1 is 1.30 bits per heavy atom. The fourth-order valence-electron chi connectivity index (χ4n) is 2.20. The van der Waals surface area contributed by atoms with Crippen LogP contribution in [0.15, 0.2) is 30.3 Å². The van der Waals surface area contributed by atoms with Crippen LogP contribution in [-0.2, 0) is 6.42 Å². The molecule has 0 atom stereocenters. The molecule has 0 radical (unpaired) electrons. The number of nitrogens with one attached hydrogen (secondary N) is 1. The van der Waals surface area contributed by atoms with Gasteiger partial charge in [0.2, 0.25) is 0 Å². The molecule has 1 aromatic carbocycles. The smallest absolute Gasteiger partial charge is 0.339 e. The third-order valence-corrected chi connectivity index (χ3v) is 3.16. The third-order valence-electron chi connectivity index (χ3n) is 3.16. The molecule has 0 bridgehead atoms. The van der Waals surface area contributed by atoms with Gasteiger partial charge in [0, 0.05) is 11.4 Å². The molecule has 0 spiro atoms. The first-order chi connectivity index (χ1) is 9.51. The summed E-state index contributed by atoms with van der Waals surface area (Å²) in [5, 5.41) is 12.5. The zero-order valence-corrected chi connectivity index (χ0v) is 11.9. The first-order valence-corrected chi connectivity index (χ1v) is 6.58. The average Bonchev–Trinajstić information content (AvgIpc) is 2.37. The van der Waals surface area contributed by atoms with Gasteiger partial charge < -0.3 is 10.4 Å². The number of nitrogens with zero attached hydrogens (tertiary/aromatic N) is 1. The lowest BCUT2D eigenvalue weighted by molar-refractivity contribution is 0.0697. The number of hydrogen-bond acceptors (Lipinski definition) is 3. The van der Waals surface area contributed by atoms with Crippen molar-refractivity contribution in [3.05, 3.63) is 52.7 Å². The molecule has 0 amide bonds.